The maximum Gasteiger partial charge on any atom is 0.328 e. The van der Waals surface area contributed by atoms with E-state index in [1.54, 1.807) is 6.08 Å². The van der Waals surface area contributed by atoms with Gasteiger partial charge in [0.2, 0.25) is 0 Å². The van der Waals surface area contributed by atoms with E-state index in [2.05, 4.69) is 5.32 Å². The Hall–Kier alpha value is -0.480. The predicted octanol–water partition coefficient (Wildman–Crippen LogP) is 1.11. The lowest BCUT2D eigenvalue weighted by Crippen LogP contribution is -2.23. The summed E-state index contributed by atoms with van der Waals surface area (Å²) in [5.74, 6) is 0.397. The van der Waals surface area contributed by atoms with Crippen molar-refractivity contribution in [3.8, 4) is 0 Å². The van der Waals surface area contributed by atoms with Crippen molar-refractivity contribution in [3.05, 3.63) is 12.2 Å². The van der Waals surface area contributed by atoms with Crippen LogP contribution >= 0.6 is 11.8 Å². The standard InChI is InChI=1S/C9H15NO2S/c11-9(12)4-1-5-10-7-8-3-2-6-13-8/h1,4,8,10H,2-3,5-7H2,(H,11,12)/b4-1+. The van der Waals surface area contributed by atoms with Gasteiger partial charge in [-0.25, -0.2) is 4.79 Å². The Balaban J connectivity index is 1.97. The molecule has 74 valence electrons. The van der Waals surface area contributed by atoms with Crippen molar-refractivity contribution in [1.29, 1.82) is 0 Å². The summed E-state index contributed by atoms with van der Waals surface area (Å²) < 4.78 is 0. The molecule has 4 heteroatoms. The first-order valence-electron chi connectivity index (χ1n) is 4.51. The van der Waals surface area contributed by atoms with E-state index >= 15 is 0 Å². The van der Waals surface area contributed by atoms with Crippen LogP contribution in [0.25, 0.3) is 0 Å². The average Bonchev–Trinajstić information content (AvgIpc) is 2.55. The van der Waals surface area contributed by atoms with Gasteiger partial charge in [-0.3, -0.25) is 0 Å². The van der Waals surface area contributed by atoms with Crippen molar-refractivity contribution < 1.29 is 9.90 Å². The number of hydrogen-bond acceptors (Lipinski definition) is 3. The van der Waals surface area contributed by atoms with E-state index in [0.717, 1.165) is 11.8 Å². The molecular weight excluding hydrogens is 186 g/mol. The Bertz CT molecular complexity index is 188. The normalized spacial score (nSPS) is 22.6. The zero-order chi connectivity index (χ0) is 9.52. The summed E-state index contributed by atoms with van der Waals surface area (Å²) in [7, 11) is 0. The molecule has 1 heterocycles. The van der Waals surface area contributed by atoms with Crippen LogP contribution in [0.1, 0.15) is 12.8 Å². The molecule has 1 rings (SSSR count). The summed E-state index contributed by atoms with van der Waals surface area (Å²) in [4.78, 5) is 10.1. The van der Waals surface area contributed by atoms with Crippen molar-refractivity contribution in [2.24, 2.45) is 0 Å². The molecule has 1 unspecified atom stereocenters. The Morgan fingerprint density at radius 2 is 2.54 bits per heavy atom. The SMILES string of the molecule is O=C(O)/C=C/CNCC1CCCS1. The molecule has 2 N–H and O–H groups in total. The lowest BCUT2D eigenvalue weighted by atomic mass is 10.2. The molecule has 0 radical (unpaired) electrons. The van der Waals surface area contributed by atoms with Gasteiger partial charge in [0.25, 0.3) is 0 Å². The maximum absolute atomic E-state index is 10.1. The summed E-state index contributed by atoms with van der Waals surface area (Å²) in [5.41, 5.74) is 0. The molecule has 0 aromatic heterocycles. The van der Waals surface area contributed by atoms with Crippen LogP contribution in [0.2, 0.25) is 0 Å². The third-order valence-electron chi connectivity index (χ3n) is 1.92. The molecule has 0 spiro atoms. The molecule has 1 atom stereocenters. The number of aliphatic carboxylic acids is 1. The molecule has 0 saturated carbocycles. The van der Waals surface area contributed by atoms with Crippen LogP contribution in [0, 0.1) is 0 Å². The van der Waals surface area contributed by atoms with Gasteiger partial charge >= 0.3 is 5.97 Å². The minimum absolute atomic E-state index is 0.656. The lowest BCUT2D eigenvalue weighted by molar-refractivity contribution is -0.131. The molecule has 0 amide bonds. The Morgan fingerprint density at radius 1 is 1.69 bits per heavy atom. The van der Waals surface area contributed by atoms with Gasteiger partial charge in [0.15, 0.2) is 0 Å². The summed E-state index contributed by atoms with van der Waals surface area (Å²) in [6.07, 6.45) is 5.43. The van der Waals surface area contributed by atoms with Crippen molar-refractivity contribution >= 4 is 17.7 Å². The highest BCUT2D eigenvalue weighted by atomic mass is 32.2. The van der Waals surface area contributed by atoms with E-state index in [1.807, 2.05) is 11.8 Å². The van der Waals surface area contributed by atoms with Gasteiger partial charge in [-0.1, -0.05) is 6.08 Å². The second-order valence-corrected chi connectivity index (χ2v) is 4.44. The number of carboxylic acid groups (broad SMARTS) is 1. The van der Waals surface area contributed by atoms with Crippen molar-refractivity contribution in [2.45, 2.75) is 18.1 Å². The smallest absolute Gasteiger partial charge is 0.328 e. The first-order valence-corrected chi connectivity index (χ1v) is 5.55. The Labute approximate surface area is 82.6 Å². The van der Waals surface area contributed by atoms with Gasteiger partial charge in [0.05, 0.1) is 0 Å². The minimum Gasteiger partial charge on any atom is -0.478 e. The largest absolute Gasteiger partial charge is 0.478 e. The molecule has 0 aromatic carbocycles. The van der Waals surface area contributed by atoms with Crippen LogP contribution in [-0.4, -0.2) is 35.2 Å². The minimum atomic E-state index is -0.878. The molecule has 0 aromatic rings. The van der Waals surface area contributed by atoms with E-state index in [-0.39, 0.29) is 0 Å². The lowest BCUT2D eigenvalue weighted by Gasteiger charge is -2.07. The molecule has 0 bridgehead atoms. The summed E-state index contributed by atoms with van der Waals surface area (Å²) in [5, 5.41) is 12.3. The predicted molar refractivity (Wildman–Crippen MR) is 55.1 cm³/mol. The fourth-order valence-corrected chi connectivity index (χ4v) is 2.53. The van der Waals surface area contributed by atoms with Crippen LogP contribution in [0.3, 0.4) is 0 Å². The van der Waals surface area contributed by atoms with Crippen LogP contribution in [0.15, 0.2) is 12.2 Å². The van der Waals surface area contributed by atoms with E-state index in [0.29, 0.717) is 6.54 Å². The summed E-state index contributed by atoms with van der Waals surface area (Å²) in [6.45, 7) is 1.65. The fraction of sp³-hybridized carbons (Fsp3) is 0.667. The average molecular weight is 201 g/mol. The van der Waals surface area contributed by atoms with Crippen molar-refractivity contribution in [1.82, 2.24) is 5.32 Å². The molecular formula is C9H15NO2S. The van der Waals surface area contributed by atoms with Crippen molar-refractivity contribution in [3.63, 3.8) is 0 Å². The van der Waals surface area contributed by atoms with E-state index in [9.17, 15) is 4.79 Å². The number of nitrogens with one attached hydrogen (secondary N) is 1. The van der Waals surface area contributed by atoms with Gasteiger partial charge in [0, 0.05) is 24.4 Å². The Morgan fingerprint density at radius 3 is 3.15 bits per heavy atom. The maximum atomic E-state index is 10.1. The quantitative estimate of drug-likeness (QED) is 0.517. The monoisotopic (exact) mass is 201 g/mol. The van der Waals surface area contributed by atoms with E-state index < -0.39 is 5.97 Å². The number of rotatable bonds is 5. The zero-order valence-corrected chi connectivity index (χ0v) is 8.35. The first kappa shape index (κ1) is 10.6. The van der Waals surface area contributed by atoms with Gasteiger partial charge in [-0.05, 0) is 18.6 Å². The molecule has 3 nitrogen and oxygen atoms in total. The highest BCUT2D eigenvalue weighted by molar-refractivity contribution is 8.00. The van der Waals surface area contributed by atoms with Gasteiger partial charge in [0.1, 0.15) is 0 Å². The zero-order valence-electron chi connectivity index (χ0n) is 7.53. The molecule has 13 heavy (non-hydrogen) atoms. The molecule has 0 aliphatic carbocycles. The van der Waals surface area contributed by atoms with E-state index in [1.165, 1.54) is 24.7 Å². The fourth-order valence-electron chi connectivity index (χ4n) is 1.29. The highest BCUT2D eigenvalue weighted by Crippen LogP contribution is 2.24. The second-order valence-electron chi connectivity index (χ2n) is 3.03. The van der Waals surface area contributed by atoms with E-state index in [4.69, 9.17) is 5.11 Å². The van der Waals surface area contributed by atoms with Gasteiger partial charge < -0.3 is 10.4 Å². The van der Waals surface area contributed by atoms with Gasteiger partial charge in [-0.15, -0.1) is 0 Å². The van der Waals surface area contributed by atoms with Crippen LogP contribution in [-0.2, 0) is 4.79 Å². The number of hydrogen-bond donors (Lipinski definition) is 2. The second kappa shape index (κ2) is 6.05. The van der Waals surface area contributed by atoms with Gasteiger partial charge in [-0.2, -0.15) is 11.8 Å². The van der Waals surface area contributed by atoms with Crippen LogP contribution < -0.4 is 5.32 Å². The first-order chi connectivity index (χ1) is 6.29. The highest BCUT2D eigenvalue weighted by Gasteiger charge is 2.13. The third-order valence-corrected chi connectivity index (χ3v) is 3.32. The van der Waals surface area contributed by atoms with Crippen molar-refractivity contribution in [2.75, 3.05) is 18.8 Å². The molecule has 1 fully saturated rings. The number of thioether (sulfide) groups is 1. The number of carbonyl (C=O) groups is 1. The van der Waals surface area contributed by atoms with Crippen LogP contribution in [0.4, 0.5) is 0 Å². The Kier molecular flexibility index (Phi) is 4.93. The number of carboxylic acids is 1. The summed E-state index contributed by atoms with van der Waals surface area (Å²) >= 11 is 2.00. The topological polar surface area (TPSA) is 49.3 Å². The third kappa shape index (κ3) is 4.95. The molecule has 1 aliphatic heterocycles. The summed E-state index contributed by atoms with van der Waals surface area (Å²) in [6, 6.07) is 0. The van der Waals surface area contributed by atoms with Crippen LogP contribution in [0.5, 0.6) is 0 Å². The molecule has 1 saturated heterocycles. The molecule has 1 aliphatic rings.